The second-order valence-corrected chi connectivity index (χ2v) is 34.9. The van der Waals surface area contributed by atoms with E-state index in [-0.39, 0.29) is 95.3 Å². The Morgan fingerprint density at radius 3 is 1.06 bits per heavy atom. The number of carbonyl (C=O) groups excluding carboxylic acids is 8. The molecule has 1 aromatic heterocycles. The Labute approximate surface area is 743 Å². The lowest BCUT2D eigenvalue weighted by Crippen LogP contribution is -2.48. The van der Waals surface area contributed by atoms with E-state index in [0.717, 1.165) is 142 Å². The van der Waals surface area contributed by atoms with Gasteiger partial charge in [-0.25, -0.2) is 14.6 Å². The maximum Gasteiger partial charge on any atom is 0.410 e. The van der Waals surface area contributed by atoms with Crippen LogP contribution in [0.15, 0.2) is 182 Å². The van der Waals surface area contributed by atoms with Crippen molar-refractivity contribution in [1.82, 2.24) is 56.2 Å². The summed E-state index contributed by atoms with van der Waals surface area (Å²) in [4.78, 5) is 132. The summed E-state index contributed by atoms with van der Waals surface area (Å²) in [7, 11) is 7.40. The van der Waals surface area contributed by atoms with Gasteiger partial charge in [0.05, 0.1) is 72.1 Å². The van der Waals surface area contributed by atoms with Crippen LogP contribution in [0.1, 0.15) is 237 Å². The lowest BCUT2D eigenvalue weighted by atomic mass is 10.00. The van der Waals surface area contributed by atoms with Gasteiger partial charge in [-0.3, -0.25) is 33.6 Å². The van der Waals surface area contributed by atoms with E-state index < -0.39 is 11.6 Å². The zero-order chi connectivity index (χ0) is 88.0. The number of nitrogens with zero attached hydrogens (tertiary/aromatic N) is 7. The third-order valence-corrected chi connectivity index (χ3v) is 25.6. The second kappa shape index (κ2) is 40.9. The lowest BCUT2D eigenvalue weighted by molar-refractivity contribution is 0.0158. The predicted molar refractivity (Wildman–Crippen MR) is 482 cm³/mol. The van der Waals surface area contributed by atoms with Gasteiger partial charge >= 0.3 is 12.1 Å². The molecular formula is C96H105Cl4N13O11. The number of nitrogens with one attached hydrogen (secondary N) is 6. The van der Waals surface area contributed by atoms with Crippen molar-refractivity contribution in [1.29, 1.82) is 0 Å². The van der Waals surface area contributed by atoms with Crippen molar-refractivity contribution in [3.8, 4) is 0 Å². The molecule has 4 heterocycles. The number of aromatic nitrogens is 2. The molecule has 0 bridgehead atoms. The first kappa shape index (κ1) is 90.3. The summed E-state index contributed by atoms with van der Waals surface area (Å²) in [6.45, 7) is 10.2. The van der Waals surface area contributed by atoms with Gasteiger partial charge in [-0.15, -0.1) is 0 Å². The molecule has 16 rings (SSSR count). The van der Waals surface area contributed by atoms with Crippen molar-refractivity contribution in [3.05, 3.63) is 291 Å². The van der Waals surface area contributed by atoms with Crippen molar-refractivity contribution < 1.29 is 53.0 Å². The fourth-order valence-electron chi connectivity index (χ4n) is 17.3. The first-order chi connectivity index (χ1) is 59.6. The summed E-state index contributed by atoms with van der Waals surface area (Å²) in [5.74, 6) is -0.325. The Hall–Kier alpha value is -11.4. The van der Waals surface area contributed by atoms with Gasteiger partial charge < -0.3 is 66.2 Å². The van der Waals surface area contributed by atoms with Gasteiger partial charge in [0.15, 0.2) is 0 Å². The number of rotatable bonds is 17. The van der Waals surface area contributed by atoms with Crippen LogP contribution in [0.4, 0.5) is 16.6 Å². The van der Waals surface area contributed by atoms with E-state index in [1.807, 2.05) is 118 Å². The Kier molecular flexibility index (Phi) is 29.8. The summed E-state index contributed by atoms with van der Waals surface area (Å²) in [5.41, 5.74) is 11.9. The highest BCUT2D eigenvalue weighted by Gasteiger charge is 2.36. The second-order valence-electron chi connectivity index (χ2n) is 33.3. The maximum absolute atomic E-state index is 13.5. The minimum absolute atomic E-state index is 0.00355. The number of piperidine rings is 3. The van der Waals surface area contributed by atoms with Crippen LogP contribution in [-0.4, -0.2) is 179 Å². The van der Waals surface area contributed by atoms with Crippen LogP contribution in [0, 0.1) is 0 Å². The van der Waals surface area contributed by atoms with Crippen LogP contribution >= 0.6 is 46.4 Å². The van der Waals surface area contributed by atoms with E-state index >= 15 is 0 Å². The van der Waals surface area contributed by atoms with Gasteiger partial charge in [-0.1, -0.05) is 119 Å². The SMILES string of the molecule is CN(C(=O)c1ccc2c(c1)[C@H](NC(=O)c1ccccc1Cl)CC2)C1CCN(C(=O)OC(C)(C)C)CC1.CN(C(=O)c1ccc2c(c1)[C@H](NC(=O)c1ccccc1Cl)CC2)C1CCNCC1.CNc1nccc(N2CCC(N(C)C(=O)c3ccc4c(c3)[C@H](NC(=O)c3ccccc3Cl)CC4)CC2)n1.O=C(O)c1ccc2c(c1)[C@H](NC(=O)c1ccccc1Cl)CC2. The number of benzene rings is 8. The quantitative estimate of drug-likeness (QED) is 0.0446. The fourth-order valence-corrected chi connectivity index (χ4v) is 18.1. The van der Waals surface area contributed by atoms with Crippen LogP contribution in [0.3, 0.4) is 0 Å². The highest BCUT2D eigenvalue weighted by molar-refractivity contribution is 6.35. The Bertz CT molecular complexity index is 5450. The number of aromatic carboxylic acids is 1. The normalized spacial score (nSPS) is 17.6. The van der Waals surface area contributed by atoms with Crippen molar-refractivity contribution in [2.24, 2.45) is 0 Å². The van der Waals surface area contributed by atoms with Gasteiger partial charge in [0, 0.05) is 95.4 Å². The summed E-state index contributed by atoms with van der Waals surface area (Å²) in [6.07, 6.45) is 13.1. The maximum atomic E-state index is 13.5. The number of halogens is 4. The fraction of sp³-hybridized carbons (Fsp3) is 0.365. The van der Waals surface area contributed by atoms with Crippen LogP contribution in [0.25, 0.3) is 0 Å². The Morgan fingerprint density at radius 2 is 0.742 bits per heavy atom. The average molecular weight is 1760 g/mol. The molecule has 4 aliphatic carbocycles. The molecule has 8 aromatic carbocycles. The predicted octanol–water partition coefficient (Wildman–Crippen LogP) is 16.6. The minimum Gasteiger partial charge on any atom is -0.478 e. The number of likely N-dealkylation sites (tertiary alicyclic amines) is 1. The molecule has 3 saturated heterocycles. The molecule has 0 radical (unpaired) electrons. The minimum atomic E-state index is -0.967. The van der Waals surface area contributed by atoms with E-state index in [4.69, 9.17) is 56.2 Å². The number of amides is 8. The first-order valence-electron chi connectivity index (χ1n) is 42.3. The molecule has 24 nitrogen and oxygen atoms in total. The number of carboxylic acid groups (broad SMARTS) is 1. The zero-order valence-corrected chi connectivity index (χ0v) is 73.7. The molecule has 8 amide bonds. The van der Waals surface area contributed by atoms with Crippen molar-refractivity contribution in [2.75, 3.05) is 77.7 Å². The average Bonchev–Trinajstić information content (AvgIpc) is 1.62. The van der Waals surface area contributed by atoms with E-state index in [0.29, 0.717) is 90.9 Å². The summed E-state index contributed by atoms with van der Waals surface area (Å²) in [5, 5.41) is 29.3. The number of carboxylic acids is 1. The molecule has 4 atom stereocenters. The third kappa shape index (κ3) is 22.0. The highest BCUT2D eigenvalue weighted by atomic mass is 35.5. The number of carbonyl (C=O) groups is 9. The number of ether oxygens (including phenoxy) is 1. The van der Waals surface area contributed by atoms with Crippen LogP contribution in [0.5, 0.6) is 0 Å². The number of anilines is 2. The summed E-state index contributed by atoms with van der Waals surface area (Å²) in [6, 6.07) is 52.3. The standard InChI is InChI=1S/C28H31ClN6O2.C28H34ClN3O4.C23H26ClN3O2.C17H14ClNO3/c1-30-28-31-14-11-25(33-28)35-15-12-20(13-16-35)34(2)27(37)19-8-7-18-9-10-24(22(18)17-19)32-26(36)21-5-3-4-6-23(21)29;1-28(2,3)36-27(35)32-15-13-20(14-16-32)31(4)26(34)19-10-9-18-11-12-24(22(18)17-19)30-25(33)21-7-5-6-8-23(21)29;1-27(17-10-12-25-13-11-17)23(29)16-7-6-15-8-9-21(19(15)14-16)26-22(28)18-4-2-3-5-20(18)24;18-14-4-2-1-3-12(14)16(20)19-15-8-7-10-5-6-11(17(21)22)9-13(10)15/h3-8,11,14,17,20,24H,9-10,12-13,15-16H2,1-2H3,(H,32,36)(H,30,31,33);5-10,17,20,24H,11-16H2,1-4H3,(H,30,33);2-7,14,17,21,25H,8-13H2,1H3,(H,26,28);1-6,9,15H,7-8H2,(H,19,20)(H,21,22)/t2*24-;21-;15-/m1111/s1. The molecule has 28 heteroatoms. The lowest BCUT2D eigenvalue weighted by Gasteiger charge is -2.37. The molecule has 0 unspecified atom stereocenters. The van der Waals surface area contributed by atoms with Gasteiger partial charge in [0.2, 0.25) is 5.95 Å². The molecule has 9 aromatic rings. The van der Waals surface area contributed by atoms with E-state index in [1.165, 1.54) is 11.1 Å². The molecule has 0 saturated carbocycles. The third-order valence-electron chi connectivity index (χ3n) is 24.3. The molecule has 648 valence electrons. The van der Waals surface area contributed by atoms with Crippen molar-refractivity contribution in [3.63, 3.8) is 0 Å². The molecule has 0 spiro atoms. The first-order valence-corrected chi connectivity index (χ1v) is 43.8. The summed E-state index contributed by atoms with van der Waals surface area (Å²) < 4.78 is 5.47. The molecule has 124 heavy (non-hydrogen) atoms. The van der Waals surface area contributed by atoms with E-state index in [1.54, 1.807) is 132 Å². The number of hydrogen-bond acceptors (Lipinski definition) is 15. The topological polar surface area (TPSA) is 297 Å². The van der Waals surface area contributed by atoms with E-state index in [9.17, 15) is 43.2 Å². The van der Waals surface area contributed by atoms with Crippen molar-refractivity contribution in [2.45, 2.75) is 159 Å². The molecule has 3 fully saturated rings. The van der Waals surface area contributed by atoms with E-state index in [2.05, 4.69) is 46.8 Å². The van der Waals surface area contributed by atoms with Gasteiger partial charge in [-0.2, -0.15) is 4.98 Å². The summed E-state index contributed by atoms with van der Waals surface area (Å²) >= 11 is 24.6. The van der Waals surface area contributed by atoms with Crippen LogP contribution in [0.2, 0.25) is 20.1 Å². The zero-order valence-electron chi connectivity index (χ0n) is 70.7. The molecular weight excluding hydrogens is 1650 g/mol. The number of aryl methyl sites for hydroxylation is 4. The molecule has 3 aliphatic heterocycles. The Morgan fingerprint density at radius 1 is 0.427 bits per heavy atom. The molecule has 7 aliphatic rings. The monoisotopic (exact) mass is 1760 g/mol. The van der Waals surface area contributed by atoms with Gasteiger partial charge in [0.25, 0.3) is 41.4 Å². The van der Waals surface area contributed by atoms with Crippen LogP contribution < -0.4 is 36.8 Å². The van der Waals surface area contributed by atoms with Gasteiger partial charge in [0.1, 0.15) is 11.4 Å². The number of hydrogen-bond donors (Lipinski definition) is 7. The molecule has 7 N–H and O–H groups in total. The van der Waals surface area contributed by atoms with Gasteiger partial charge in [-0.05, 0) is 271 Å². The Balaban J connectivity index is 0.000000144. The smallest absolute Gasteiger partial charge is 0.410 e. The highest BCUT2D eigenvalue weighted by Crippen LogP contribution is 2.39. The largest absolute Gasteiger partial charge is 0.478 e. The van der Waals surface area contributed by atoms with Crippen molar-refractivity contribution >= 4 is 112 Å². The number of fused-ring (bicyclic) bond motifs is 4. The van der Waals surface area contributed by atoms with Crippen LogP contribution in [-0.2, 0) is 30.4 Å².